The molecule has 14 heavy (non-hydrogen) atoms. The van der Waals surface area contributed by atoms with E-state index in [0.29, 0.717) is 11.7 Å². The molecule has 1 heterocycles. The van der Waals surface area contributed by atoms with Crippen molar-refractivity contribution >= 4 is 5.97 Å². The van der Waals surface area contributed by atoms with Crippen molar-refractivity contribution < 1.29 is 9.90 Å². The standard InChI is InChI=1S/C9H11N3O2/c13-9(14)4-8-11-7(5-10-12-8)6-2-1-3-6/h5-6H,1-4H2,(H,13,14). The van der Waals surface area contributed by atoms with Gasteiger partial charge < -0.3 is 5.11 Å². The largest absolute Gasteiger partial charge is 0.481 e. The molecule has 0 aromatic carbocycles. The van der Waals surface area contributed by atoms with Crippen LogP contribution in [0.2, 0.25) is 0 Å². The van der Waals surface area contributed by atoms with E-state index in [9.17, 15) is 4.79 Å². The molecule has 1 aromatic heterocycles. The van der Waals surface area contributed by atoms with Crippen LogP contribution in [0.4, 0.5) is 0 Å². The first kappa shape index (κ1) is 9.05. The summed E-state index contributed by atoms with van der Waals surface area (Å²) < 4.78 is 0. The average Bonchev–Trinajstić information content (AvgIpc) is 1.99. The topological polar surface area (TPSA) is 76.0 Å². The van der Waals surface area contributed by atoms with Gasteiger partial charge in [-0.1, -0.05) is 6.42 Å². The highest BCUT2D eigenvalue weighted by molar-refractivity contribution is 5.68. The summed E-state index contributed by atoms with van der Waals surface area (Å²) in [5, 5.41) is 16.0. The van der Waals surface area contributed by atoms with Gasteiger partial charge in [-0.2, -0.15) is 5.10 Å². The molecule has 0 bridgehead atoms. The molecule has 74 valence electrons. The molecule has 0 unspecified atom stereocenters. The Morgan fingerprint density at radius 3 is 2.93 bits per heavy atom. The van der Waals surface area contributed by atoms with Crippen molar-refractivity contribution in [3.05, 3.63) is 17.7 Å². The minimum atomic E-state index is -0.919. The number of rotatable bonds is 3. The molecule has 1 saturated carbocycles. The quantitative estimate of drug-likeness (QED) is 0.767. The van der Waals surface area contributed by atoms with Crippen molar-refractivity contribution in [2.24, 2.45) is 0 Å². The lowest BCUT2D eigenvalue weighted by atomic mass is 9.83. The number of hydrogen-bond acceptors (Lipinski definition) is 4. The fourth-order valence-electron chi connectivity index (χ4n) is 1.47. The van der Waals surface area contributed by atoms with E-state index in [1.165, 1.54) is 6.42 Å². The molecule has 0 aliphatic heterocycles. The molecule has 2 rings (SSSR count). The molecule has 0 spiro atoms. The monoisotopic (exact) mass is 193 g/mol. The fraction of sp³-hybridized carbons (Fsp3) is 0.556. The molecule has 0 saturated heterocycles. The Hall–Kier alpha value is -1.52. The van der Waals surface area contributed by atoms with E-state index in [2.05, 4.69) is 15.2 Å². The smallest absolute Gasteiger partial charge is 0.311 e. The highest BCUT2D eigenvalue weighted by atomic mass is 16.4. The first-order chi connectivity index (χ1) is 6.75. The maximum Gasteiger partial charge on any atom is 0.311 e. The van der Waals surface area contributed by atoms with Crippen LogP contribution in [0.5, 0.6) is 0 Å². The van der Waals surface area contributed by atoms with E-state index in [-0.39, 0.29) is 6.42 Å². The van der Waals surface area contributed by atoms with Gasteiger partial charge in [0.1, 0.15) is 6.42 Å². The van der Waals surface area contributed by atoms with E-state index < -0.39 is 5.97 Å². The summed E-state index contributed by atoms with van der Waals surface area (Å²) in [6, 6.07) is 0. The maximum atomic E-state index is 10.4. The van der Waals surface area contributed by atoms with Crippen molar-refractivity contribution in [3.63, 3.8) is 0 Å². The lowest BCUT2D eigenvalue weighted by molar-refractivity contribution is -0.136. The van der Waals surface area contributed by atoms with Gasteiger partial charge in [0.15, 0.2) is 5.82 Å². The Balaban J connectivity index is 2.13. The Morgan fingerprint density at radius 1 is 1.57 bits per heavy atom. The van der Waals surface area contributed by atoms with Gasteiger partial charge in [0.05, 0.1) is 11.9 Å². The molecule has 1 aliphatic rings. The summed E-state index contributed by atoms with van der Waals surface area (Å²) in [6.45, 7) is 0. The number of carboxylic acid groups (broad SMARTS) is 1. The second kappa shape index (κ2) is 3.69. The second-order valence-corrected chi connectivity index (χ2v) is 3.50. The zero-order chi connectivity index (χ0) is 9.97. The first-order valence-corrected chi connectivity index (χ1v) is 4.66. The Labute approximate surface area is 81.2 Å². The van der Waals surface area contributed by atoms with Crippen molar-refractivity contribution in [2.75, 3.05) is 0 Å². The third-order valence-electron chi connectivity index (χ3n) is 2.45. The van der Waals surface area contributed by atoms with Gasteiger partial charge in [-0.15, -0.1) is 5.10 Å². The summed E-state index contributed by atoms with van der Waals surface area (Å²) in [6.07, 6.45) is 4.97. The Bertz CT molecular complexity index is 350. The van der Waals surface area contributed by atoms with Gasteiger partial charge in [-0.25, -0.2) is 4.98 Å². The molecule has 5 heteroatoms. The van der Waals surface area contributed by atoms with Gasteiger partial charge >= 0.3 is 5.97 Å². The number of aliphatic carboxylic acids is 1. The van der Waals surface area contributed by atoms with Gasteiger partial charge in [0.25, 0.3) is 0 Å². The number of carboxylic acids is 1. The predicted octanol–water partition coefficient (Wildman–Crippen LogP) is 0.766. The number of nitrogens with zero attached hydrogens (tertiary/aromatic N) is 3. The molecule has 1 aromatic rings. The Kier molecular flexibility index (Phi) is 2.39. The SMILES string of the molecule is O=C(O)Cc1nncc(C2CCC2)n1. The van der Waals surface area contributed by atoms with Crippen molar-refractivity contribution in [3.8, 4) is 0 Å². The fourth-order valence-corrected chi connectivity index (χ4v) is 1.47. The lowest BCUT2D eigenvalue weighted by Crippen LogP contribution is -2.14. The predicted molar refractivity (Wildman–Crippen MR) is 47.8 cm³/mol. The van der Waals surface area contributed by atoms with Crippen LogP contribution in [0, 0.1) is 0 Å². The average molecular weight is 193 g/mol. The van der Waals surface area contributed by atoms with Gasteiger partial charge in [0.2, 0.25) is 0 Å². The van der Waals surface area contributed by atoms with Crippen LogP contribution in [0.25, 0.3) is 0 Å². The first-order valence-electron chi connectivity index (χ1n) is 4.66. The molecule has 1 fully saturated rings. The van der Waals surface area contributed by atoms with Gasteiger partial charge in [0, 0.05) is 5.92 Å². The molecule has 1 N–H and O–H groups in total. The summed E-state index contributed by atoms with van der Waals surface area (Å²) in [5.74, 6) is -0.141. The molecular formula is C9H11N3O2. The van der Waals surface area contributed by atoms with Crippen LogP contribution in [0.15, 0.2) is 6.20 Å². The minimum Gasteiger partial charge on any atom is -0.481 e. The number of hydrogen-bond donors (Lipinski definition) is 1. The summed E-state index contributed by atoms with van der Waals surface area (Å²) >= 11 is 0. The van der Waals surface area contributed by atoms with E-state index in [1.807, 2.05) is 0 Å². The van der Waals surface area contributed by atoms with Crippen molar-refractivity contribution in [1.29, 1.82) is 0 Å². The van der Waals surface area contributed by atoms with Crippen LogP contribution in [-0.2, 0) is 11.2 Å². The highest BCUT2D eigenvalue weighted by Gasteiger charge is 2.21. The van der Waals surface area contributed by atoms with E-state index in [1.54, 1.807) is 6.20 Å². The molecule has 1 aliphatic carbocycles. The minimum absolute atomic E-state index is 0.145. The molecule has 0 amide bonds. The van der Waals surface area contributed by atoms with Crippen LogP contribution in [0.1, 0.15) is 36.7 Å². The summed E-state index contributed by atoms with van der Waals surface area (Å²) in [4.78, 5) is 14.6. The normalized spacial score (nSPS) is 16.3. The molecule has 0 radical (unpaired) electrons. The number of carbonyl (C=O) groups is 1. The van der Waals surface area contributed by atoms with Crippen LogP contribution >= 0.6 is 0 Å². The Morgan fingerprint density at radius 2 is 2.36 bits per heavy atom. The van der Waals surface area contributed by atoms with Crippen LogP contribution in [-0.4, -0.2) is 26.3 Å². The van der Waals surface area contributed by atoms with Crippen LogP contribution in [0.3, 0.4) is 0 Å². The summed E-state index contributed by atoms with van der Waals surface area (Å²) in [5.41, 5.74) is 0.891. The third-order valence-corrected chi connectivity index (χ3v) is 2.45. The van der Waals surface area contributed by atoms with Crippen molar-refractivity contribution in [2.45, 2.75) is 31.6 Å². The summed E-state index contributed by atoms with van der Waals surface area (Å²) in [7, 11) is 0. The zero-order valence-electron chi connectivity index (χ0n) is 7.68. The zero-order valence-corrected chi connectivity index (χ0v) is 7.68. The molecule has 0 atom stereocenters. The third kappa shape index (κ3) is 1.86. The molecular weight excluding hydrogens is 182 g/mol. The highest BCUT2D eigenvalue weighted by Crippen LogP contribution is 2.34. The van der Waals surface area contributed by atoms with E-state index in [0.717, 1.165) is 18.5 Å². The van der Waals surface area contributed by atoms with Crippen molar-refractivity contribution in [1.82, 2.24) is 15.2 Å². The van der Waals surface area contributed by atoms with Crippen LogP contribution < -0.4 is 0 Å². The van der Waals surface area contributed by atoms with Gasteiger partial charge in [-0.3, -0.25) is 4.79 Å². The van der Waals surface area contributed by atoms with E-state index >= 15 is 0 Å². The lowest BCUT2D eigenvalue weighted by Gasteiger charge is -2.24. The molecule has 5 nitrogen and oxygen atoms in total. The van der Waals surface area contributed by atoms with E-state index in [4.69, 9.17) is 5.11 Å². The second-order valence-electron chi connectivity index (χ2n) is 3.50. The number of aromatic nitrogens is 3. The van der Waals surface area contributed by atoms with Gasteiger partial charge in [-0.05, 0) is 12.8 Å². The maximum absolute atomic E-state index is 10.4.